The third kappa shape index (κ3) is 1.64. The van der Waals surface area contributed by atoms with E-state index in [1.54, 1.807) is 17.0 Å². The van der Waals surface area contributed by atoms with E-state index in [1.165, 1.54) is 0 Å². The van der Waals surface area contributed by atoms with Crippen molar-refractivity contribution in [1.82, 2.24) is 4.57 Å². The summed E-state index contributed by atoms with van der Waals surface area (Å²) in [6.07, 6.45) is 3.34. The molecule has 1 heterocycles. The number of primary amides is 1. The van der Waals surface area contributed by atoms with Gasteiger partial charge in [-0.2, -0.15) is 5.26 Å². The van der Waals surface area contributed by atoms with Crippen molar-refractivity contribution in [2.24, 2.45) is 5.73 Å². The van der Waals surface area contributed by atoms with Gasteiger partial charge in [0.2, 0.25) is 5.91 Å². The average molecular weight is 163 g/mol. The van der Waals surface area contributed by atoms with Crippen LogP contribution in [-0.4, -0.2) is 10.5 Å². The number of nitrogens with two attached hydrogens (primary N) is 1. The molecular weight excluding hydrogens is 154 g/mol. The molecule has 1 aromatic rings. The zero-order chi connectivity index (χ0) is 9.14. The van der Waals surface area contributed by atoms with Gasteiger partial charge in [0.05, 0.1) is 5.56 Å². The van der Waals surface area contributed by atoms with E-state index in [4.69, 9.17) is 11.0 Å². The minimum atomic E-state index is -0.408. The van der Waals surface area contributed by atoms with Crippen LogP contribution in [0.3, 0.4) is 0 Å². The summed E-state index contributed by atoms with van der Waals surface area (Å²) in [6.45, 7) is 1.94. The highest BCUT2D eigenvalue weighted by atomic mass is 16.1. The van der Waals surface area contributed by atoms with Gasteiger partial charge in [-0.05, 0) is 12.5 Å². The largest absolute Gasteiger partial charge is 0.368 e. The molecule has 62 valence electrons. The summed E-state index contributed by atoms with van der Waals surface area (Å²) in [4.78, 5) is 10.5. The Labute approximate surface area is 70.2 Å². The van der Waals surface area contributed by atoms with E-state index < -0.39 is 5.91 Å². The number of nitrogens with zero attached hydrogens (tertiary/aromatic N) is 2. The van der Waals surface area contributed by atoms with Crippen molar-refractivity contribution < 1.29 is 4.79 Å². The third-order valence-electron chi connectivity index (χ3n) is 1.54. The van der Waals surface area contributed by atoms with Gasteiger partial charge in [0.1, 0.15) is 12.6 Å². The molecule has 0 atom stereocenters. The molecule has 0 bridgehead atoms. The maximum absolute atomic E-state index is 10.5. The molecule has 0 saturated carbocycles. The first-order valence-electron chi connectivity index (χ1n) is 3.48. The Morgan fingerprint density at radius 3 is 2.83 bits per heavy atom. The molecule has 0 aliphatic carbocycles. The average Bonchev–Trinajstić information content (AvgIpc) is 2.29. The molecule has 0 fully saturated rings. The van der Waals surface area contributed by atoms with Gasteiger partial charge in [0.15, 0.2) is 0 Å². The summed E-state index contributed by atoms with van der Waals surface area (Å²) in [5.41, 5.74) is 6.42. The minimum absolute atomic E-state index is 0.127. The fourth-order valence-corrected chi connectivity index (χ4v) is 1.01. The number of carbonyl (C=O) groups excluding carboxylic acids is 1. The van der Waals surface area contributed by atoms with E-state index in [1.807, 2.05) is 13.0 Å². The number of aryl methyl sites for hydroxylation is 1. The maximum Gasteiger partial charge on any atom is 0.237 e. The fraction of sp³-hybridized carbons (Fsp3) is 0.250. The zero-order valence-corrected chi connectivity index (χ0v) is 6.74. The zero-order valence-electron chi connectivity index (χ0n) is 6.74. The second kappa shape index (κ2) is 3.09. The van der Waals surface area contributed by atoms with Crippen LogP contribution in [0.2, 0.25) is 0 Å². The van der Waals surface area contributed by atoms with Crippen LogP contribution in [0.1, 0.15) is 11.1 Å². The molecule has 4 nitrogen and oxygen atoms in total. The van der Waals surface area contributed by atoms with Gasteiger partial charge in [0, 0.05) is 12.4 Å². The number of amides is 1. The Kier molecular flexibility index (Phi) is 2.15. The number of nitriles is 1. The van der Waals surface area contributed by atoms with Crippen molar-refractivity contribution in [3.63, 3.8) is 0 Å². The predicted octanol–water partition coefficient (Wildman–Crippen LogP) is 0.153. The number of hydrogen-bond donors (Lipinski definition) is 1. The summed E-state index contributed by atoms with van der Waals surface area (Å²) in [5.74, 6) is -0.408. The normalized spacial score (nSPS) is 9.33. The Hall–Kier alpha value is -1.76. The molecule has 2 N–H and O–H groups in total. The Bertz CT molecular complexity index is 346. The molecule has 1 aromatic heterocycles. The van der Waals surface area contributed by atoms with Crippen LogP contribution in [-0.2, 0) is 11.3 Å². The lowest BCUT2D eigenvalue weighted by Gasteiger charge is -1.94. The molecule has 1 amide bonds. The van der Waals surface area contributed by atoms with Crippen LogP contribution in [0, 0.1) is 18.3 Å². The van der Waals surface area contributed by atoms with E-state index >= 15 is 0 Å². The van der Waals surface area contributed by atoms with Crippen molar-refractivity contribution in [2.45, 2.75) is 13.5 Å². The number of aromatic nitrogens is 1. The maximum atomic E-state index is 10.5. The van der Waals surface area contributed by atoms with Crippen molar-refractivity contribution in [1.29, 1.82) is 5.26 Å². The van der Waals surface area contributed by atoms with E-state index in [-0.39, 0.29) is 6.54 Å². The van der Waals surface area contributed by atoms with Gasteiger partial charge in [-0.1, -0.05) is 0 Å². The molecule has 0 radical (unpaired) electrons. The standard InChI is InChI=1S/C8H9N3O/c1-6-3-11(5-8(10)12)4-7(6)2-9/h3-4H,5H2,1H3,(H2,10,12). The summed E-state index contributed by atoms with van der Waals surface area (Å²) >= 11 is 0. The summed E-state index contributed by atoms with van der Waals surface area (Å²) < 4.78 is 1.61. The van der Waals surface area contributed by atoms with Crippen LogP contribution in [0.25, 0.3) is 0 Å². The molecule has 12 heavy (non-hydrogen) atoms. The lowest BCUT2D eigenvalue weighted by Crippen LogP contribution is -2.17. The second-order valence-electron chi connectivity index (χ2n) is 2.61. The fourth-order valence-electron chi connectivity index (χ4n) is 1.01. The van der Waals surface area contributed by atoms with Crippen LogP contribution in [0.15, 0.2) is 12.4 Å². The van der Waals surface area contributed by atoms with Gasteiger partial charge < -0.3 is 10.3 Å². The predicted molar refractivity (Wildman–Crippen MR) is 43.1 cm³/mol. The van der Waals surface area contributed by atoms with Crippen LogP contribution < -0.4 is 5.73 Å². The topological polar surface area (TPSA) is 71.8 Å². The smallest absolute Gasteiger partial charge is 0.237 e. The first-order valence-corrected chi connectivity index (χ1v) is 3.48. The summed E-state index contributed by atoms with van der Waals surface area (Å²) in [6, 6.07) is 2.02. The monoisotopic (exact) mass is 163 g/mol. The second-order valence-corrected chi connectivity index (χ2v) is 2.61. The van der Waals surface area contributed by atoms with E-state index in [0.29, 0.717) is 5.56 Å². The first kappa shape index (κ1) is 8.34. The minimum Gasteiger partial charge on any atom is -0.368 e. The number of hydrogen-bond acceptors (Lipinski definition) is 2. The van der Waals surface area contributed by atoms with E-state index in [9.17, 15) is 4.79 Å². The molecular formula is C8H9N3O. The van der Waals surface area contributed by atoms with Crippen LogP contribution in [0.5, 0.6) is 0 Å². The number of rotatable bonds is 2. The molecule has 0 aliphatic rings. The SMILES string of the molecule is Cc1cn(CC(N)=O)cc1C#N. The van der Waals surface area contributed by atoms with Gasteiger partial charge in [-0.25, -0.2) is 0 Å². The van der Waals surface area contributed by atoms with Crippen LogP contribution >= 0.6 is 0 Å². The van der Waals surface area contributed by atoms with Crippen molar-refractivity contribution in [3.8, 4) is 6.07 Å². The van der Waals surface area contributed by atoms with E-state index in [0.717, 1.165) is 5.56 Å². The highest BCUT2D eigenvalue weighted by molar-refractivity contribution is 5.73. The summed E-state index contributed by atoms with van der Waals surface area (Å²) in [5, 5.41) is 8.59. The highest BCUT2D eigenvalue weighted by Gasteiger charge is 2.02. The van der Waals surface area contributed by atoms with Crippen molar-refractivity contribution in [3.05, 3.63) is 23.5 Å². The molecule has 0 spiro atoms. The van der Waals surface area contributed by atoms with E-state index in [2.05, 4.69) is 0 Å². The first-order chi connectivity index (χ1) is 5.63. The van der Waals surface area contributed by atoms with Crippen LogP contribution in [0.4, 0.5) is 0 Å². The van der Waals surface area contributed by atoms with Gasteiger partial charge in [0.25, 0.3) is 0 Å². The lowest BCUT2D eigenvalue weighted by atomic mass is 10.2. The molecule has 0 aliphatic heterocycles. The van der Waals surface area contributed by atoms with Crippen molar-refractivity contribution in [2.75, 3.05) is 0 Å². The Balaban J connectivity index is 2.91. The Morgan fingerprint density at radius 1 is 1.75 bits per heavy atom. The van der Waals surface area contributed by atoms with Crippen molar-refractivity contribution >= 4 is 5.91 Å². The summed E-state index contributed by atoms with van der Waals surface area (Å²) in [7, 11) is 0. The molecule has 1 rings (SSSR count). The van der Waals surface area contributed by atoms with Gasteiger partial charge in [-0.15, -0.1) is 0 Å². The number of carbonyl (C=O) groups is 1. The molecule has 0 unspecified atom stereocenters. The molecule has 4 heteroatoms. The molecule has 0 aromatic carbocycles. The lowest BCUT2D eigenvalue weighted by molar-refractivity contribution is -0.118. The third-order valence-corrected chi connectivity index (χ3v) is 1.54. The quantitative estimate of drug-likeness (QED) is 0.674. The molecule has 0 saturated heterocycles. The highest BCUT2D eigenvalue weighted by Crippen LogP contribution is 2.06. The Morgan fingerprint density at radius 2 is 2.42 bits per heavy atom. The van der Waals surface area contributed by atoms with Gasteiger partial charge >= 0.3 is 0 Å². The van der Waals surface area contributed by atoms with Gasteiger partial charge in [-0.3, -0.25) is 4.79 Å².